The Morgan fingerprint density at radius 2 is 1.58 bits per heavy atom. The van der Waals surface area contributed by atoms with Gasteiger partial charge in [0.1, 0.15) is 5.82 Å². The van der Waals surface area contributed by atoms with E-state index in [-0.39, 0.29) is 17.3 Å². The van der Waals surface area contributed by atoms with Gasteiger partial charge in [0.2, 0.25) is 5.91 Å². The van der Waals surface area contributed by atoms with E-state index in [9.17, 15) is 9.18 Å². The molecule has 1 aliphatic heterocycles. The van der Waals surface area contributed by atoms with E-state index in [1.165, 1.54) is 31.4 Å². The molecule has 0 aromatic heterocycles. The van der Waals surface area contributed by atoms with E-state index in [2.05, 4.69) is 16.8 Å². The number of carbonyl (C=O) groups is 1. The molecule has 4 heteroatoms. The monoisotopic (exact) mass is 356 g/mol. The molecule has 4 bridgehead atoms. The van der Waals surface area contributed by atoms with Crippen molar-refractivity contribution in [3.63, 3.8) is 0 Å². The molecule has 0 N–H and O–H groups in total. The molecule has 1 heterocycles. The first-order valence-corrected chi connectivity index (χ1v) is 10.3. The Morgan fingerprint density at radius 3 is 2.15 bits per heavy atom. The molecule has 4 saturated carbocycles. The molecule has 3 nitrogen and oxygen atoms in total. The van der Waals surface area contributed by atoms with Gasteiger partial charge < -0.3 is 4.90 Å². The molecule has 5 aliphatic rings. The van der Waals surface area contributed by atoms with Gasteiger partial charge in [-0.3, -0.25) is 9.69 Å². The summed E-state index contributed by atoms with van der Waals surface area (Å²) in [4.78, 5) is 18.1. The van der Waals surface area contributed by atoms with Crippen molar-refractivity contribution in [3.8, 4) is 0 Å². The number of halogens is 1. The molecule has 26 heavy (non-hydrogen) atoms. The predicted molar refractivity (Wildman–Crippen MR) is 99.0 cm³/mol. The van der Waals surface area contributed by atoms with Gasteiger partial charge >= 0.3 is 0 Å². The van der Waals surface area contributed by atoms with Gasteiger partial charge in [-0.2, -0.15) is 0 Å². The third kappa shape index (κ3) is 2.69. The third-order valence-electron chi connectivity index (χ3n) is 7.68. The normalized spacial score (nSPS) is 39.4. The number of nitrogens with zero attached hydrogens (tertiary/aromatic N) is 2. The van der Waals surface area contributed by atoms with Gasteiger partial charge in [-0.05, 0) is 81.0 Å². The second-order valence-corrected chi connectivity index (χ2v) is 9.50. The fourth-order valence-corrected chi connectivity index (χ4v) is 6.81. The third-order valence-corrected chi connectivity index (χ3v) is 7.68. The maximum Gasteiger partial charge on any atom is 0.228 e. The Kier molecular flexibility index (Phi) is 3.89. The van der Waals surface area contributed by atoms with Crippen LogP contribution < -0.4 is 0 Å². The van der Waals surface area contributed by atoms with Crippen LogP contribution in [0.3, 0.4) is 0 Å². The van der Waals surface area contributed by atoms with Gasteiger partial charge in [0.25, 0.3) is 0 Å². The van der Waals surface area contributed by atoms with Crippen LogP contribution in [-0.2, 0) is 4.79 Å². The summed E-state index contributed by atoms with van der Waals surface area (Å²) < 4.78 is 13.3. The summed E-state index contributed by atoms with van der Waals surface area (Å²) in [5.74, 6) is 2.62. The molecule has 1 saturated heterocycles. The van der Waals surface area contributed by atoms with Crippen LogP contribution in [-0.4, -0.2) is 42.4 Å². The van der Waals surface area contributed by atoms with Crippen LogP contribution in [0.5, 0.6) is 0 Å². The van der Waals surface area contributed by atoms with Gasteiger partial charge in [-0.1, -0.05) is 12.1 Å². The number of amides is 1. The van der Waals surface area contributed by atoms with Crippen molar-refractivity contribution in [2.45, 2.75) is 44.6 Å². The minimum atomic E-state index is -0.200. The molecule has 140 valence electrons. The number of rotatable bonds is 2. The van der Waals surface area contributed by atoms with Gasteiger partial charge in [0, 0.05) is 19.6 Å². The van der Waals surface area contributed by atoms with Crippen molar-refractivity contribution in [1.29, 1.82) is 0 Å². The highest BCUT2D eigenvalue weighted by Crippen LogP contribution is 2.60. The number of benzene rings is 1. The van der Waals surface area contributed by atoms with Gasteiger partial charge in [-0.25, -0.2) is 4.39 Å². The van der Waals surface area contributed by atoms with Gasteiger partial charge in [0.15, 0.2) is 0 Å². The average molecular weight is 356 g/mol. The van der Waals surface area contributed by atoms with Crippen LogP contribution in [0.1, 0.15) is 50.1 Å². The lowest BCUT2D eigenvalue weighted by molar-refractivity contribution is -0.160. The van der Waals surface area contributed by atoms with E-state index in [4.69, 9.17) is 0 Å². The first kappa shape index (κ1) is 16.7. The van der Waals surface area contributed by atoms with E-state index in [1.807, 2.05) is 12.1 Å². The van der Waals surface area contributed by atoms with Crippen molar-refractivity contribution >= 4 is 5.91 Å². The van der Waals surface area contributed by atoms with Crippen LogP contribution in [0.4, 0.5) is 4.39 Å². The standard InChI is InChI=1S/C22H29FN2O/c1-24-6-7-25(14-20(24)18-2-4-19(23)5-3-18)21(26)22-11-15-8-16(12-22)10-17(9-15)13-22/h2-5,15-17,20H,6-14H2,1H3. The lowest BCUT2D eigenvalue weighted by atomic mass is 9.49. The Labute approximate surface area is 155 Å². The highest BCUT2D eigenvalue weighted by atomic mass is 19.1. The van der Waals surface area contributed by atoms with Crippen molar-refractivity contribution < 1.29 is 9.18 Å². The summed E-state index contributed by atoms with van der Waals surface area (Å²) in [6.07, 6.45) is 7.50. The molecule has 1 amide bonds. The van der Waals surface area contributed by atoms with E-state index in [1.54, 1.807) is 0 Å². The summed E-state index contributed by atoms with van der Waals surface area (Å²) in [5.41, 5.74) is 1.05. The first-order chi connectivity index (χ1) is 12.5. The van der Waals surface area contributed by atoms with Crippen LogP contribution in [0.2, 0.25) is 0 Å². The van der Waals surface area contributed by atoms with Crippen molar-refractivity contribution in [2.24, 2.45) is 23.2 Å². The lowest BCUT2D eigenvalue weighted by Crippen LogP contribution is -2.58. The minimum absolute atomic E-state index is 0.0575. The largest absolute Gasteiger partial charge is 0.339 e. The Bertz CT molecular complexity index is 665. The van der Waals surface area contributed by atoms with Crippen LogP contribution >= 0.6 is 0 Å². The van der Waals surface area contributed by atoms with E-state index in [0.717, 1.165) is 62.2 Å². The Hall–Kier alpha value is -1.42. The smallest absolute Gasteiger partial charge is 0.228 e. The first-order valence-electron chi connectivity index (χ1n) is 10.3. The lowest BCUT2D eigenvalue weighted by Gasteiger charge is -2.57. The maximum absolute atomic E-state index is 13.6. The van der Waals surface area contributed by atoms with Crippen LogP contribution in [0.25, 0.3) is 0 Å². The Morgan fingerprint density at radius 1 is 1.00 bits per heavy atom. The molecule has 1 aromatic carbocycles. The summed E-state index contributed by atoms with van der Waals surface area (Å²) in [7, 11) is 2.11. The van der Waals surface area contributed by atoms with E-state index in [0.29, 0.717) is 5.91 Å². The number of carbonyl (C=O) groups excluding carboxylic acids is 1. The molecule has 1 atom stereocenters. The minimum Gasteiger partial charge on any atom is -0.339 e. The van der Waals surface area contributed by atoms with Crippen molar-refractivity contribution in [2.75, 3.05) is 26.7 Å². The van der Waals surface area contributed by atoms with Crippen LogP contribution in [0, 0.1) is 29.0 Å². The Balaban J connectivity index is 1.36. The number of hydrogen-bond donors (Lipinski definition) is 0. The molecular formula is C22H29FN2O. The maximum atomic E-state index is 13.6. The average Bonchev–Trinajstić information content (AvgIpc) is 2.61. The van der Waals surface area contributed by atoms with Crippen molar-refractivity contribution in [1.82, 2.24) is 9.80 Å². The fraction of sp³-hybridized carbons (Fsp3) is 0.682. The summed E-state index contributed by atoms with van der Waals surface area (Å²) >= 11 is 0. The summed E-state index contributed by atoms with van der Waals surface area (Å²) in [6, 6.07) is 6.97. The molecular weight excluding hydrogens is 327 g/mol. The SMILES string of the molecule is CN1CCN(C(=O)C23CC4CC(CC(C4)C2)C3)CC1c1ccc(F)cc1. The van der Waals surface area contributed by atoms with Crippen LogP contribution in [0.15, 0.2) is 24.3 Å². The summed E-state index contributed by atoms with van der Waals surface area (Å²) in [6.45, 7) is 2.46. The fourth-order valence-electron chi connectivity index (χ4n) is 6.81. The molecule has 1 aromatic rings. The zero-order chi connectivity index (χ0) is 17.9. The van der Waals surface area contributed by atoms with E-state index >= 15 is 0 Å². The predicted octanol–water partition coefficient (Wildman–Crippen LogP) is 3.86. The molecule has 6 rings (SSSR count). The zero-order valence-corrected chi connectivity index (χ0v) is 15.7. The second kappa shape index (κ2) is 6.05. The molecule has 0 radical (unpaired) electrons. The number of piperazine rings is 1. The van der Waals surface area contributed by atoms with Crippen molar-refractivity contribution in [3.05, 3.63) is 35.6 Å². The topological polar surface area (TPSA) is 23.6 Å². The molecule has 5 fully saturated rings. The zero-order valence-electron chi connectivity index (χ0n) is 15.7. The van der Waals surface area contributed by atoms with E-state index < -0.39 is 0 Å². The molecule has 0 spiro atoms. The molecule has 4 aliphatic carbocycles. The molecule has 1 unspecified atom stereocenters. The van der Waals surface area contributed by atoms with Gasteiger partial charge in [0.05, 0.1) is 11.5 Å². The highest BCUT2D eigenvalue weighted by molar-refractivity contribution is 5.83. The highest BCUT2D eigenvalue weighted by Gasteiger charge is 2.55. The van der Waals surface area contributed by atoms with Gasteiger partial charge in [-0.15, -0.1) is 0 Å². The summed E-state index contributed by atoms with van der Waals surface area (Å²) in [5, 5.41) is 0. The second-order valence-electron chi connectivity index (χ2n) is 9.50. The quantitative estimate of drug-likeness (QED) is 0.803. The number of likely N-dealkylation sites (N-methyl/N-ethyl adjacent to an activating group) is 1. The number of hydrogen-bond acceptors (Lipinski definition) is 2.